The molecule has 7 nitrogen and oxygen atoms in total. The Kier molecular flexibility index (Phi) is 5.31. The lowest BCUT2D eigenvalue weighted by Crippen LogP contribution is -2.41. The van der Waals surface area contributed by atoms with E-state index < -0.39 is 23.9 Å². The zero-order chi connectivity index (χ0) is 15.3. The Morgan fingerprint density at radius 2 is 1.95 bits per heavy atom. The summed E-state index contributed by atoms with van der Waals surface area (Å²) < 4.78 is 1.71. The molecular formula is C13H18N2O5. The molecule has 110 valence electrons. The summed E-state index contributed by atoms with van der Waals surface area (Å²) in [5.74, 6) is -2.88. The topological polar surface area (TPSA) is 109 Å². The van der Waals surface area contributed by atoms with Crippen molar-refractivity contribution in [3.63, 3.8) is 0 Å². The van der Waals surface area contributed by atoms with Gasteiger partial charge >= 0.3 is 11.9 Å². The summed E-state index contributed by atoms with van der Waals surface area (Å²) in [4.78, 5) is 33.5. The molecular weight excluding hydrogens is 264 g/mol. The first kappa shape index (κ1) is 15.7. The molecule has 0 radical (unpaired) electrons. The number of carbonyl (C=O) groups is 3. The third-order valence-electron chi connectivity index (χ3n) is 2.82. The summed E-state index contributed by atoms with van der Waals surface area (Å²) in [7, 11) is 0. The quantitative estimate of drug-likeness (QED) is 0.694. The molecule has 0 fully saturated rings. The Bertz CT molecular complexity index is 507. The molecule has 0 aliphatic rings. The van der Waals surface area contributed by atoms with E-state index in [0.717, 1.165) is 0 Å². The second-order valence-electron chi connectivity index (χ2n) is 4.69. The summed E-state index contributed by atoms with van der Waals surface area (Å²) in [5, 5.41) is 19.9. The molecule has 0 aromatic carbocycles. The van der Waals surface area contributed by atoms with Gasteiger partial charge in [-0.2, -0.15) is 0 Å². The molecule has 1 heterocycles. The molecule has 0 spiro atoms. The second kappa shape index (κ2) is 6.74. The molecule has 7 heteroatoms. The van der Waals surface area contributed by atoms with Gasteiger partial charge < -0.3 is 20.1 Å². The van der Waals surface area contributed by atoms with Crippen LogP contribution in [0.25, 0.3) is 0 Å². The van der Waals surface area contributed by atoms with Crippen LogP contribution < -0.4 is 5.32 Å². The van der Waals surface area contributed by atoms with Crippen LogP contribution in [-0.2, 0) is 9.59 Å². The maximum atomic E-state index is 12.0. The normalized spacial score (nSPS) is 12.2. The number of carbonyl (C=O) groups excluding carboxylic acids is 1. The van der Waals surface area contributed by atoms with Gasteiger partial charge in [-0.3, -0.25) is 9.59 Å². The van der Waals surface area contributed by atoms with Gasteiger partial charge in [0, 0.05) is 18.7 Å². The SMILES string of the molecule is CC(C)n1cccc1C(=O)N[C@@H](CCC(=O)O)C(=O)O. The van der Waals surface area contributed by atoms with E-state index in [2.05, 4.69) is 5.32 Å². The van der Waals surface area contributed by atoms with E-state index in [9.17, 15) is 14.4 Å². The maximum Gasteiger partial charge on any atom is 0.326 e. The van der Waals surface area contributed by atoms with Crippen molar-refractivity contribution < 1.29 is 24.6 Å². The van der Waals surface area contributed by atoms with Gasteiger partial charge in [0.15, 0.2) is 0 Å². The lowest BCUT2D eigenvalue weighted by atomic mass is 10.1. The number of amides is 1. The number of nitrogens with one attached hydrogen (secondary N) is 1. The summed E-state index contributed by atoms with van der Waals surface area (Å²) in [6.45, 7) is 3.80. The van der Waals surface area contributed by atoms with Crippen LogP contribution in [-0.4, -0.2) is 38.7 Å². The number of hydrogen-bond acceptors (Lipinski definition) is 3. The van der Waals surface area contributed by atoms with Crippen LogP contribution >= 0.6 is 0 Å². The van der Waals surface area contributed by atoms with Crippen LogP contribution in [0.4, 0.5) is 0 Å². The summed E-state index contributed by atoms with van der Waals surface area (Å²) >= 11 is 0. The summed E-state index contributed by atoms with van der Waals surface area (Å²) in [5.41, 5.74) is 0.349. The van der Waals surface area contributed by atoms with Gasteiger partial charge in [-0.1, -0.05) is 0 Å². The molecule has 0 aliphatic heterocycles. The zero-order valence-corrected chi connectivity index (χ0v) is 11.4. The van der Waals surface area contributed by atoms with Crippen molar-refractivity contribution >= 4 is 17.8 Å². The van der Waals surface area contributed by atoms with E-state index in [1.54, 1.807) is 22.9 Å². The lowest BCUT2D eigenvalue weighted by molar-refractivity contribution is -0.140. The number of rotatable bonds is 7. The van der Waals surface area contributed by atoms with E-state index in [0.29, 0.717) is 5.69 Å². The van der Waals surface area contributed by atoms with Crippen molar-refractivity contribution in [1.82, 2.24) is 9.88 Å². The third-order valence-corrected chi connectivity index (χ3v) is 2.82. The van der Waals surface area contributed by atoms with Crippen molar-refractivity contribution in [2.24, 2.45) is 0 Å². The van der Waals surface area contributed by atoms with E-state index in [4.69, 9.17) is 10.2 Å². The van der Waals surface area contributed by atoms with Crippen LogP contribution in [0.1, 0.15) is 43.2 Å². The molecule has 1 aromatic heterocycles. The van der Waals surface area contributed by atoms with E-state index >= 15 is 0 Å². The maximum absolute atomic E-state index is 12.0. The minimum Gasteiger partial charge on any atom is -0.481 e. The number of hydrogen-bond donors (Lipinski definition) is 3. The first-order chi connectivity index (χ1) is 9.32. The Labute approximate surface area is 116 Å². The molecule has 0 unspecified atom stereocenters. The zero-order valence-electron chi connectivity index (χ0n) is 11.4. The molecule has 1 aromatic rings. The third kappa shape index (κ3) is 4.11. The standard InChI is InChI=1S/C13H18N2O5/c1-8(2)15-7-3-4-10(15)12(18)14-9(13(19)20)5-6-11(16)17/h3-4,7-9H,5-6H2,1-2H3,(H,14,18)(H,16,17)(H,19,20)/t9-/m0/s1. The second-order valence-corrected chi connectivity index (χ2v) is 4.69. The van der Waals surface area contributed by atoms with Gasteiger partial charge in [-0.05, 0) is 32.4 Å². The average molecular weight is 282 g/mol. The predicted molar refractivity (Wildman–Crippen MR) is 70.6 cm³/mol. The molecule has 0 aliphatic carbocycles. The van der Waals surface area contributed by atoms with Gasteiger partial charge in [0.1, 0.15) is 11.7 Å². The molecule has 0 saturated carbocycles. The highest BCUT2D eigenvalue weighted by Crippen LogP contribution is 2.11. The number of aliphatic carboxylic acids is 2. The van der Waals surface area contributed by atoms with Gasteiger partial charge in [0.2, 0.25) is 0 Å². The fraction of sp³-hybridized carbons (Fsp3) is 0.462. The fourth-order valence-corrected chi connectivity index (χ4v) is 1.79. The highest BCUT2D eigenvalue weighted by atomic mass is 16.4. The highest BCUT2D eigenvalue weighted by Gasteiger charge is 2.23. The minimum atomic E-state index is -1.25. The highest BCUT2D eigenvalue weighted by molar-refractivity contribution is 5.95. The van der Waals surface area contributed by atoms with Crippen molar-refractivity contribution in [1.29, 1.82) is 0 Å². The molecule has 3 N–H and O–H groups in total. The Hall–Kier alpha value is -2.31. The van der Waals surface area contributed by atoms with Gasteiger partial charge in [0.25, 0.3) is 5.91 Å². The minimum absolute atomic E-state index is 0.0630. The molecule has 1 amide bonds. The first-order valence-corrected chi connectivity index (χ1v) is 6.25. The molecule has 0 saturated heterocycles. The fourth-order valence-electron chi connectivity index (χ4n) is 1.79. The van der Waals surface area contributed by atoms with Gasteiger partial charge in [-0.25, -0.2) is 4.79 Å². The van der Waals surface area contributed by atoms with Crippen molar-refractivity contribution in [3.8, 4) is 0 Å². The van der Waals surface area contributed by atoms with Crippen LogP contribution in [0.5, 0.6) is 0 Å². The van der Waals surface area contributed by atoms with E-state index in [1.807, 2.05) is 13.8 Å². The van der Waals surface area contributed by atoms with Crippen LogP contribution in [0.15, 0.2) is 18.3 Å². The van der Waals surface area contributed by atoms with Crippen LogP contribution in [0, 0.1) is 0 Å². The number of nitrogens with zero attached hydrogens (tertiary/aromatic N) is 1. The number of aromatic nitrogens is 1. The summed E-state index contributed by atoms with van der Waals surface area (Å²) in [6.07, 6.45) is 1.26. The average Bonchev–Trinajstić information content (AvgIpc) is 2.82. The van der Waals surface area contributed by atoms with E-state index in [1.165, 1.54) is 0 Å². The van der Waals surface area contributed by atoms with Crippen molar-refractivity contribution in [3.05, 3.63) is 24.0 Å². The monoisotopic (exact) mass is 282 g/mol. The Balaban J connectivity index is 2.77. The largest absolute Gasteiger partial charge is 0.481 e. The summed E-state index contributed by atoms with van der Waals surface area (Å²) in [6, 6.07) is 2.13. The van der Waals surface area contributed by atoms with Gasteiger partial charge in [0.05, 0.1) is 0 Å². The molecule has 0 bridgehead atoms. The predicted octanol–water partition coefficient (Wildman–Crippen LogP) is 1.12. The van der Waals surface area contributed by atoms with Crippen molar-refractivity contribution in [2.45, 2.75) is 38.8 Å². The van der Waals surface area contributed by atoms with E-state index in [-0.39, 0.29) is 18.9 Å². The van der Waals surface area contributed by atoms with Gasteiger partial charge in [-0.15, -0.1) is 0 Å². The molecule has 20 heavy (non-hydrogen) atoms. The molecule has 1 rings (SSSR count). The smallest absolute Gasteiger partial charge is 0.326 e. The van der Waals surface area contributed by atoms with Crippen LogP contribution in [0.3, 0.4) is 0 Å². The number of carboxylic acids is 2. The van der Waals surface area contributed by atoms with Crippen molar-refractivity contribution in [2.75, 3.05) is 0 Å². The lowest BCUT2D eigenvalue weighted by Gasteiger charge is -2.16. The molecule has 1 atom stereocenters. The Morgan fingerprint density at radius 3 is 2.45 bits per heavy atom. The Morgan fingerprint density at radius 1 is 1.30 bits per heavy atom. The van der Waals surface area contributed by atoms with Crippen LogP contribution in [0.2, 0.25) is 0 Å². The first-order valence-electron chi connectivity index (χ1n) is 6.25. The number of carboxylic acid groups (broad SMARTS) is 2.